The van der Waals surface area contributed by atoms with E-state index in [0.29, 0.717) is 12.8 Å². The molecule has 0 aromatic carbocycles. The van der Waals surface area contributed by atoms with Gasteiger partial charge in [-0.25, -0.2) is 0 Å². The number of carboxylic acid groups (broad SMARTS) is 1. The zero-order chi connectivity index (χ0) is 37.7. The van der Waals surface area contributed by atoms with Crippen LogP contribution >= 0.6 is 0 Å². The molecule has 6 rings (SSSR count). The summed E-state index contributed by atoms with van der Waals surface area (Å²) in [5.41, 5.74) is -1.15. The molecule has 1 saturated heterocycles. The van der Waals surface area contributed by atoms with Crippen LogP contribution in [0.15, 0.2) is 11.6 Å². The van der Waals surface area contributed by atoms with Crippen molar-refractivity contribution < 1.29 is 53.8 Å². The van der Waals surface area contributed by atoms with Crippen LogP contribution in [0.2, 0.25) is 0 Å². The van der Waals surface area contributed by atoms with Gasteiger partial charge in [-0.15, -0.1) is 0 Å². The van der Waals surface area contributed by atoms with Gasteiger partial charge in [0, 0.05) is 31.1 Å². The average molecular weight is 719 g/mol. The molecular formula is C40H62O11. The van der Waals surface area contributed by atoms with E-state index in [1.54, 1.807) is 6.92 Å². The van der Waals surface area contributed by atoms with Crippen molar-refractivity contribution in [2.75, 3.05) is 6.61 Å². The number of carbonyl (C=O) groups is 3. The van der Waals surface area contributed by atoms with E-state index in [4.69, 9.17) is 18.9 Å². The first kappa shape index (κ1) is 38.7. The Morgan fingerprint density at radius 3 is 2.16 bits per heavy atom. The van der Waals surface area contributed by atoms with Gasteiger partial charge in [0.05, 0.1) is 17.6 Å². The lowest BCUT2D eigenvalue weighted by molar-refractivity contribution is -0.341. The molecule has 0 radical (unpaired) electrons. The van der Waals surface area contributed by atoms with Gasteiger partial charge in [0.2, 0.25) is 0 Å². The first-order chi connectivity index (χ1) is 23.6. The van der Waals surface area contributed by atoms with E-state index in [2.05, 4.69) is 33.8 Å². The summed E-state index contributed by atoms with van der Waals surface area (Å²) in [7, 11) is 0. The first-order valence-electron chi connectivity index (χ1n) is 19.2. The predicted octanol–water partition coefficient (Wildman–Crippen LogP) is 5.17. The van der Waals surface area contributed by atoms with Crippen LogP contribution in [0.4, 0.5) is 0 Å². The van der Waals surface area contributed by atoms with E-state index in [1.807, 2.05) is 13.8 Å². The van der Waals surface area contributed by atoms with Crippen LogP contribution in [-0.4, -0.2) is 87.9 Å². The van der Waals surface area contributed by atoms with E-state index in [-0.39, 0.29) is 47.0 Å². The molecule has 0 unspecified atom stereocenters. The zero-order valence-electron chi connectivity index (χ0n) is 32.1. The van der Waals surface area contributed by atoms with E-state index < -0.39 is 77.1 Å². The molecule has 5 fully saturated rings. The minimum absolute atomic E-state index is 0.0392. The molecule has 1 aliphatic heterocycles. The highest BCUT2D eigenvalue weighted by atomic mass is 16.7. The molecule has 0 aromatic rings. The fourth-order valence-electron chi connectivity index (χ4n) is 12.6. The van der Waals surface area contributed by atoms with Crippen molar-refractivity contribution in [1.29, 1.82) is 0 Å². The molecule has 1 heterocycles. The normalized spacial score (nSPS) is 52.2. The van der Waals surface area contributed by atoms with Crippen molar-refractivity contribution in [3.8, 4) is 0 Å². The summed E-state index contributed by atoms with van der Waals surface area (Å²) in [6, 6.07) is 0. The fourth-order valence-corrected chi connectivity index (χ4v) is 12.6. The van der Waals surface area contributed by atoms with Crippen LogP contribution in [0.25, 0.3) is 0 Å². The molecule has 5 aliphatic carbocycles. The van der Waals surface area contributed by atoms with Crippen molar-refractivity contribution in [2.24, 2.45) is 50.2 Å². The first-order valence-corrected chi connectivity index (χ1v) is 19.2. The van der Waals surface area contributed by atoms with Gasteiger partial charge >= 0.3 is 17.9 Å². The number of allylic oxidation sites excluding steroid dienone is 2. The maximum Gasteiger partial charge on any atom is 0.309 e. The van der Waals surface area contributed by atoms with Gasteiger partial charge in [0.15, 0.2) is 6.29 Å². The lowest BCUT2D eigenvalue weighted by Gasteiger charge is -2.72. The lowest BCUT2D eigenvalue weighted by Crippen LogP contribution is -2.70. The van der Waals surface area contributed by atoms with Crippen LogP contribution in [-0.2, 0) is 33.3 Å². The van der Waals surface area contributed by atoms with Crippen molar-refractivity contribution in [2.45, 2.75) is 163 Å². The van der Waals surface area contributed by atoms with Gasteiger partial charge < -0.3 is 39.4 Å². The molecule has 51 heavy (non-hydrogen) atoms. The summed E-state index contributed by atoms with van der Waals surface area (Å²) in [5, 5.41) is 42.6. The Morgan fingerprint density at radius 2 is 1.53 bits per heavy atom. The third-order valence-corrected chi connectivity index (χ3v) is 16.2. The number of hydrogen-bond donors (Lipinski definition) is 4. The highest BCUT2D eigenvalue weighted by Gasteiger charge is 2.72. The zero-order valence-corrected chi connectivity index (χ0v) is 32.1. The molecule has 288 valence electrons. The Labute approximate surface area is 302 Å². The monoisotopic (exact) mass is 718 g/mol. The van der Waals surface area contributed by atoms with E-state index in [0.717, 1.165) is 38.5 Å². The topological polar surface area (TPSA) is 169 Å². The molecule has 11 heteroatoms. The van der Waals surface area contributed by atoms with Crippen molar-refractivity contribution >= 4 is 17.9 Å². The van der Waals surface area contributed by atoms with Crippen LogP contribution < -0.4 is 0 Å². The van der Waals surface area contributed by atoms with Crippen LogP contribution in [0, 0.1) is 50.2 Å². The summed E-state index contributed by atoms with van der Waals surface area (Å²) >= 11 is 0. The van der Waals surface area contributed by atoms with Gasteiger partial charge in [-0.1, -0.05) is 46.3 Å². The number of hydrogen-bond acceptors (Lipinski definition) is 10. The number of ether oxygens (including phenoxy) is 4. The molecule has 0 bridgehead atoms. The van der Waals surface area contributed by atoms with Gasteiger partial charge in [-0.2, -0.15) is 0 Å². The molecule has 0 spiro atoms. The second-order valence-corrected chi connectivity index (χ2v) is 18.9. The van der Waals surface area contributed by atoms with Crippen molar-refractivity contribution in [3.63, 3.8) is 0 Å². The molecule has 4 saturated carbocycles. The van der Waals surface area contributed by atoms with E-state index in [9.17, 15) is 34.8 Å². The number of aliphatic hydroxyl groups is 3. The van der Waals surface area contributed by atoms with E-state index >= 15 is 0 Å². The Morgan fingerprint density at radius 1 is 0.863 bits per heavy atom. The average Bonchev–Trinajstić information content (AvgIpc) is 3.04. The number of rotatable bonds is 6. The second-order valence-electron chi connectivity index (χ2n) is 18.9. The lowest BCUT2D eigenvalue weighted by atomic mass is 9.33. The van der Waals surface area contributed by atoms with Gasteiger partial charge in [-0.3, -0.25) is 14.4 Å². The van der Waals surface area contributed by atoms with Gasteiger partial charge in [-0.05, 0) is 99.2 Å². The molecule has 4 N–H and O–H groups in total. The third kappa shape index (κ3) is 5.73. The Bertz CT molecular complexity index is 1450. The minimum atomic E-state index is -1.50. The summed E-state index contributed by atoms with van der Waals surface area (Å²) in [5.74, 6) is -1.53. The number of carbonyl (C=O) groups excluding carboxylic acids is 2. The molecule has 11 nitrogen and oxygen atoms in total. The fraction of sp³-hybridized carbons (Fsp3) is 0.875. The SMILES string of the molecule is CC(=O)OC[C@]1(C)[C@@H](OC(C)=O)C[C@H](O[C@@H]2O[C@@H](C)[C@H](O)[C@@H](O)[C@H]2O)[C@]2(C)[C@H]3CC=C4[C@@H]5C[C@](C)(C(=O)O)CC[C@]5(C)CC[C@@]4(C)[C@]3(C)CC[C@@H]12. The minimum Gasteiger partial charge on any atom is -0.481 e. The second kappa shape index (κ2) is 12.8. The Balaban J connectivity index is 1.46. The quantitative estimate of drug-likeness (QED) is 0.211. The molecule has 0 aromatic heterocycles. The molecular weight excluding hydrogens is 656 g/mol. The van der Waals surface area contributed by atoms with E-state index in [1.165, 1.54) is 19.4 Å². The Hall–Kier alpha value is -2.05. The Kier molecular flexibility index (Phi) is 9.69. The van der Waals surface area contributed by atoms with Gasteiger partial charge in [0.25, 0.3) is 0 Å². The summed E-state index contributed by atoms with van der Waals surface area (Å²) in [6.45, 7) is 17.8. The standard InChI is InChI=1S/C40H62O11/c1-21-30(43)31(44)32(45)33(49-21)51-29-18-28(50-23(3)42)37(6,20-48-22(2)41)26-12-13-39(8)27(40(26,29)9)11-10-24-25-19-36(5,34(46)47)15-14-35(25,4)16-17-38(24,39)7/h10,21,25-33,43-45H,11-20H2,1-9H3,(H,46,47)/t21-,25-,26-,27-,28-,29-,30-,31+,32+,33-,35+,36+,37-,38+,39+,40-/m0/s1. The van der Waals surface area contributed by atoms with Gasteiger partial charge in [0.1, 0.15) is 31.0 Å². The van der Waals surface area contributed by atoms with Crippen LogP contribution in [0.5, 0.6) is 0 Å². The summed E-state index contributed by atoms with van der Waals surface area (Å²) < 4.78 is 24.6. The highest BCUT2D eigenvalue weighted by Crippen LogP contribution is 2.76. The maximum absolute atomic E-state index is 12.6. The number of fused-ring (bicyclic) bond motifs is 7. The largest absolute Gasteiger partial charge is 0.481 e. The number of carboxylic acids is 1. The predicted molar refractivity (Wildman–Crippen MR) is 186 cm³/mol. The van der Waals surface area contributed by atoms with Crippen molar-refractivity contribution in [3.05, 3.63) is 11.6 Å². The number of aliphatic hydroxyl groups excluding tert-OH is 3. The molecule has 6 aliphatic rings. The molecule has 0 amide bonds. The maximum atomic E-state index is 12.6. The third-order valence-electron chi connectivity index (χ3n) is 16.2. The highest BCUT2D eigenvalue weighted by molar-refractivity contribution is 5.74. The number of esters is 2. The molecule has 16 atom stereocenters. The summed E-state index contributed by atoms with van der Waals surface area (Å²) in [6.07, 6.45) is 1.65. The summed E-state index contributed by atoms with van der Waals surface area (Å²) in [4.78, 5) is 37.4. The number of aliphatic carboxylic acids is 1. The van der Waals surface area contributed by atoms with Crippen LogP contribution in [0.1, 0.15) is 120 Å². The van der Waals surface area contributed by atoms with Crippen LogP contribution in [0.3, 0.4) is 0 Å². The van der Waals surface area contributed by atoms with Crippen molar-refractivity contribution in [1.82, 2.24) is 0 Å². The smallest absolute Gasteiger partial charge is 0.309 e.